The van der Waals surface area contributed by atoms with Gasteiger partial charge in [-0.05, 0) is 46.1 Å². The third kappa shape index (κ3) is 3.70. The van der Waals surface area contributed by atoms with Gasteiger partial charge in [-0.15, -0.1) is 0 Å². The number of imidazole rings is 1. The van der Waals surface area contributed by atoms with E-state index >= 15 is 0 Å². The summed E-state index contributed by atoms with van der Waals surface area (Å²) in [7, 11) is 0. The molecule has 3 nitrogen and oxygen atoms in total. The molecule has 3 heteroatoms. The van der Waals surface area contributed by atoms with Crippen molar-refractivity contribution in [2.24, 2.45) is 5.92 Å². The Balaban J connectivity index is 1.87. The van der Waals surface area contributed by atoms with Crippen molar-refractivity contribution in [1.29, 1.82) is 0 Å². The van der Waals surface area contributed by atoms with Crippen LogP contribution in [0.4, 0.5) is 0 Å². The minimum absolute atomic E-state index is 0.775. The van der Waals surface area contributed by atoms with Crippen molar-refractivity contribution in [3.05, 3.63) is 29.9 Å². The van der Waals surface area contributed by atoms with E-state index in [1.165, 1.54) is 31.5 Å². The number of piperidine rings is 1. The number of nitrogens with zero attached hydrogens (tertiary/aromatic N) is 3. The third-order valence-electron chi connectivity index (χ3n) is 3.74. The van der Waals surface area contributed by atoms with Gasteiger partial charge in [-0.3, -0.25) is 4.90 Å². The second-order valence-electron chi connectivity index (χ2n) is 5.68. The minimum Gasteiger partial charge on any atom is -0.335 e. The zero-order valence-corrected chi connectivity index (χ0v) is 11.9. The van der Waals surface area contributed by atoms with Crippen LogP contribution < -0.4 is 0 Å². The van der Waals surface area contributed by atoms with Crippen molar-refractivity contribution >= 4 is 0 Å². The molecule has 100 valence electrons. The number of likely N-dealkylation sites (tertiary alicyclic amines) is 1. The zero-order chi connectivity index (χ0) is 13.0. The molecular formula is C15H25N3. The van der Waals surface area contributed by atoms with Gasteiger partial charge in [0.15, 0.2) is 0 Å². The predicted octanol–water partition coefficient (Wildman–Crippen LogP) is 2.87. The number of rotatable bonds is 4. The highest BCUT2D eigenvalue weighted by atomic mass is 15.1. The van der Waals surface area contributed by atoms with Gasteiger partial charge >= 0.3 is 0 Å². The number of allylic oxidation sites excluding steroid dienone is 1. The summed E-state index contributed by atoms with van der Waals surface area (Å²) in [6.07, 6.45) is 9.02. The van der Waals surface area contributed by atoms with Crippen molar-refractivity contribution in [3.63, 3.8) is 0 Å². The van der Waals surface area contributed by atoms with E-state index in [1.54, 1.807) is 0 Å². The Labute approximate surface area is 111 Å². The molecule has 1 aromatic heterocycles. The van der Waals surface area contributed by atoms with E-state index < -0.39 is 0 Å². The Morgan fingerprint density at radius 1 is 1.50 bits per heavy atom. The molecule has 1 aromatic rings. The van der Waals surface area contributed by atoms with Crippen LogP contribution in [0, 0.1) is 12.8 Å². The largest absolute Gasteiger partial charge is 0.335 e. The summed E-state index contributed by atoms with van der Waals surface area (Å²) < 4.78 is 2.29. The van der Waals surface area contributed by atoms with Crippen molar-refractivity contribution in [2.75, 3.05) is 19.6 Å². The molecule has 18 heavy (non-hydrogen) atoms. The molecule has 0 unspecified atom stereocenters. The molecule has 0 aromatic carbocycles. The van der Waals surface area contributed by atoms with Crippen LogP contribution in [0.15, 0.2) is 24.0 Å². The van der Waals surface area contributed by atoms with E-state index in [1.807, 2.05) is 6.20 Å². The van der Waals surface area contributed by atoms with Gasteiger partial charge in [0.25, 0.3) is 0 Å². The Morgan fingerprint density at radius 3 is 3.00 bits per heavy atom. The fraction of sp³-hybridized carbons (Fsp3) is 0.667. The summed E-state index contributed by atoms with van der Waals surface area (Å²) in [4.78, 5) is 6.88. The van der Waals surface area contributed by atoms with Gasteiger partial charge in [0.2, 0.25) is 0 Å². The Morgan fingerprint density at radius 2 is 2.33 bits per heavy atom. The molecule has 0 N–H and O–H groups in total. The van der Waals surface area contributed by atoms with Gasteiger partial charge in [-0.2, -0.15) is 0 Å². The Hall–Kier alpha value is -1.09. The SMILES string of the molecule is CC(C)=CCN1CCC[C@@H](Cn2ccnc2C)C1. The first kappa shape index (κ1) is 13.3. The highest BCUT2D eigenvalue weighted by Gasteiger charge is 2.19. The van der Waals surface area contributed by atoms with E-state index in [0.717, 1.165) is 24.8 Å². The average molecular weight is 247 g/mol. The van der Waals surface area contributed by atoms with Gasteiger partial charge in [0.05, 0.1) is 0 Å². The first-order chi connectivity index (χ1) is 8.65. The van der Waals surface area contributed by atoms with Crippen molar-refractivity contribution in [2.45, 2.75) is 40.2 Å². The quantitative estimate of drug-likeness (QED) is 0.763. The second kappa shape index (κ2) is 6.19. The number of aryl methyl sites for hydroxylation is 1. The molecule has 2 rings (SSSR count). The first-order valence-electron chi connectivity index (χ1n) is 6.98. The second-order valence-corrected chi connectivity index (χ2v) is 5.68. The van der Waals surface area contributed by atoms with Crippen LogP contribution >= 0.6 is 0 Å². The molecule has 0 spiro atoms. The summed E-state index contributed by atoms with van der Waals surface area (Å²) in [5, 5.41) is 0. The molecule has 1 saturated heterocycles. The molecule has 1 atom stereocenters. The van der Waals surface area contributed by atoms with Crippen LogP contribution in [0.1, 0.15) is 32.5 Å². The molecule has 1 fully saturated rings. The Kier molecular flexibility index (Phi) is 4.59. The molecule has 0 aliphatic carbocycles. The maximum atomic E-state index is 4.30. The number of aromatic nitrogens is 2. The predicted molar refractivity (Wildman–Crippen MR) is 75.6 cm³/mol. The molecule has 0 saturated carbocycles. The van der Waals surface area contributed by atoms with Gasteiger partial charge < -0.3 is 4.57 Å². The van der Waals surface area contributed by atoms with E-state index in [2.05, 4.69) is 47.5 Å². The normalized spacial score (nSPS) is 20.9. The van der Waals surface area contributed by atoms with E-state index in [9.17, 15) is 0 Å². The van der Waals surface area contributed by atoms with Crippen molar-refractivity contribution in [3.8, 4) is 0 Å². The highest BCUT2D eigenvalue weighted by molar-refractivity contribution is 4.96. The Bertz CT molecular complexity index is 402. The van der Waals surface area contributed by atoms with Gasteiger partial charge in [0.1, 0.15) is 5.82 Å². The molecule has 0 amide bonds. The number of hydrogen-bond donors (Lipinski definition) is 0. The maximum absolute atomic E-state index is 4.30. The molecular weight excluding hydrogens is 222 g/mol. The van der Waals surface area contributed by atoms with Gasteiger partial charge in [-0.1, -0.05) is 11.6 Å². The monoisotopic (exact) mass is 247 g/mol. The lowest BCUT2D eigenvalue weighted by Crippen LogP contribution is -2.37. The van der Waals surface area contributed by atoms with Crippen LogP contribution in [0.5, 0.6) is 0 Å². The molecule has 1 aliphatic rings. The minimum atomic E-state index is 0.775. The van der Waals surface area contributed by atoms with Crippen LogP contribution in [-0.2, 0) is 6.54 Å². The maximum Gasteiger partial charge on any atom is 0.105 e. The summed E-state index contributed by atoms with van der Waals surface area (Å²) in [5.41, 5.74) is 1.42. The van der Waals surface area contributed by atoms with Crippen molar-refractivity contribution < 1.29 is 0 Å². The van der Waals surface area contributed by atoms with E-state index in [0.29, 0.717) is 0 Å². The van der Waals surface area contributed by atoms with Crippen LogP contribution in [0.2, 0.25) is 0 Å². The summed E-state index contributed by atoms with van der Waals surface area (Å²) in [5.74, 6) is 1.91. The van der Waals surface area contributed by atoms with E-state index in [4.69, 9.17) is 0 Å². The van der Waals surface area contributed by atoms with Crippen LogP contribution in [0.3, 0.4) is 0 Å². The van der Waals surface area contributed by atoms with Crippen LogP contribution in [-0.4, -0.2) is 34.1 Å². The fourth-order valence-corrected chi connectivity index (χ4v) is 2.65. The number of hydrogen-bond acceptors (Lipinski definition) is 2. The topological polar surface area (TPSA) is 21.1 Å². The van der Waals surface area contributed by atoms with E-state index in [-0.39, 0.29) is 0 Å². The summed E-state index contributed by atoms with van der Waals surface area (Å²) >= 11 is 0. The highest BCUT2D eigenvalue weighted by Crippen LogP contribution is 2.18. The summed E-state index contributed by atoms with van der Waals surface area (Å²) in [6, 6.07) is 0. The smallest absolute Gasteiger partial charge is 0.105 e. The fourth-order valence-electron chi connectivity index (χ4n) is 2.65. The zero-order valence-electron chi connectivity index (χ0n) is 11.9. The lowest BCUT2D eigenvalue weighted by molar-refractivity contribution is 0.176. The first-order valence-corrected chi connectivity index (χ1v) is 6.98. The standard InChI is InChI=1S/C15H25N3/c1-13(2)6-9-17-8-4-5-15(11-17)12-18-10-7-16-14(18)3/h6-7,10,15H,4-5,8-9,11-12H2,1-3H3/t15-/m1/s1. The molecule has 1 aliphatic heterocycles. The lowest BCUT2D eigenvalue weighted by Gasteiger charge is -2.32. The average Bonchev–Trinajstić information content (AvgIpc) is 2.73. The van der Waals surface area contributed by atoms with Gasteiger partial charge in [-0.25, -0.2) is 4.98 Å². The van der Waals surface area contributed by atoms with Crippen LogP contribution in [0.25, 0.3) is 0 Å². The molecule has 0 bridgehead atoms. The summed E-state index contributed by atoms with van der Waals surface area (Å²) in [6.45, 7) is 11.2. The third-order valence-corrected chi connectivity index (χ3v) is 3.74. The van der Waals surface area contributed by atoms with Gasteiger partial charge in [0, 0.05) is 32.0 Å². The lowest BCUT2D eigenvalue weighted by atomic mass is 9.98. The molecule has 0 radical (unpaired) electrons. The van der Waals surface area contributed by atoms with Crippen molar-refractivity contribution in [1.82, 2.24) is 14.5 Å². The molecule has 2 heterocycles.